The number of methoxy groups -OCH3 is 2. The quantitative estimate of drug-likeness (QED) is 0.741. The Labute approximate surface area is 137 Å². The Morgan fingerprint density at radius 3 is 2.22 bits per heavy atom. The predicted molar refractivity (Wildman–Crippen MR) is 85.2 cm³/mol. The van der Waals surface area contributed by atoms with Crippen LogP contribution in [-0.2, 0) is 14.2 Å². The lowest BCUT2D eigenvalue weighted by molar-refractivity contribution is -0.0972. The van der Waals surface area contributed by atoms with E-state index in [1.807, 2.05) is 20.8 Å². The number of ether oxygens (including phenoxy) is 3. The molecule has 8 heteroatoms. The van der Waals surface area contributed by atoms with Gasteiger partial charge in [0.2, 0.25) is 0 Å². The number of likely N-dealkylation sites (tertiary alicyclic amines) is 1. The van der Waals surface area contributed by atoms with E-state index in [0.29, 0.717) is 25.9 Å². The lowest BCUT2D eigenvalue weighted by Crippen LogP contribution is -2.50. The molecule has 2 N–H and O–H groups in total. The van der Waals surface area contributed by atoms with Crippen LogP contribution in [0.25, 0.3) is 0 Å². The third-order valence-corrected chi connectivity index (χ3v) is 3.44. The van der Waals surface area contributed by atoms with E-state index in [-0.39, 0.29) is 24.7 Å². The minimum absolute atomic E-state index is 0.0391. The Kier molecular flexibility index (Phi) is 7.57. The second-order valence-corrected chi connectivity index (χ2v) is 6.50. The van der Waals surface area contributed by atoms with Crippen LogP contribution >= 0.6 is 0 Å². The van der Waals surface area contributed by atoms with Gasteiger partial charge in [0.15, 0.2) is 6.29 Å². The van der Waals surface area contributed by atoms with E-state index < -0.39 is 11.9 Å². The van der Waals surface area contributed by atoms with Gasteiger partial charge in [-0.3, -0.25) is 0 Å². The van der Waals surface area contributed by atoms with Crippen molar-refractivity contribution in [3.63, 3.8) is 0 Å². The highest BCUT2D eigenvalue weighted by molar-refractivity contribution is 5.74. The second kappa shape index (κ2) is 8.93. The van der Waals surface area contributed by atoms with Gasteiger partial charge in [-0.1, -0.05) is 0 Å². The highest BCUT2D eigenvalue weighted by atomic mass is 16.7. The van der Waals surface area contributed by atoms with E-state index in [2.05, 4.69) is 10.6 Å². The average Bonchev–Trinajstić information content (AvgIpc) is 2.47. The summed E-state index contributed by atoms with van der Waals surface area (Å²) in [4.78, 5) is 25.4. The molecule has 1 aliphatic rings. The predicted octanol–water partition coefficient (Wildman–Crippen LogP) is 1.30. The molecule has 1 saturated heterocycles. The second-order valence-electron chi connectivity index (χ2n) is 6.50. The topological polar surface area (TPSA) is 89.1 Å². The molecule has 8 nitrogen and oxygen atoms in total. The zero-order chi connectivity index (χ0) is 17.5. The third kappa shape index (κ3) is 7.51. The maximum atomic E-state index is 12.0. The Morgan fingerprint density at radius 2 is 1.74 bits per heavy atom. The summed E-state index contributed by atoms with van der Waals surface area (Å²) in [7, 11) is 3.03. The fraction of sp³-hybridized carbons (Fsp3) is 0.867. The summed E-state index contributed by atoms with van der Waals surface area (Å²) < 4.78 is 15.3. The summed E-state index contributed by atoms with van der Waals surface area (Å²) in [5.41, 5.74) is -0.495. The van der Waals surface area contributed by atoms with E-state index in [4.69, 9.17) is 14.2 Å². The van der Waals surface area contributed by atoms with Gasteiger partial charge >= 0.3 is 12.1 Å². The molecule has 0 aliphatic carbocycles. The molecule has 0 radical (unpaired) electrons. The van der Waals surface area contributed by atoms with Gasteiger partial charge in [-0.2, -0.15) is 0 Å². The van der Waals surface area contributed by atoms with Crippen molar-refractivity contribution in [2.24, 2.45) is 0 Å². The number of hydrogen-bond donors (Lipinski definition) is 2. The fourth-order valence-corrected chi connectivity index (χ4v) is 2.21. The Bertz CT molecular complexity index is 385. The molecule has 0 saturated carbocycles. The molecule has 23 heavy (non-hydrogen) atoms. The normalized spacial score (nSPS) is 16.3. The van der Waals surface area contributed by atoms with Crippen LogP contribution in [0.3, 0.4) is 0 Å². The fourth-order valence-electron chi connectivity index (χ4n) is 2.21. The Morgan fingerprint density at radius 1 is 1.17 bits per heavy atom. The van der Waals surface area contributed by atoms with Crippen LogP contribution in [0.15, 0.2) is 0 Å². The van der Waals surface area contributed by atoms with Crippen LogP contribution < -0.4 is 10.6 Å². The molecule has 1 heterocycles. The van der Waals surface area contributed by atoms with Crippen LogP contribution in [0.4, 0.5) is 9.59 Å². The molecule has 0 aromatic carbocycles. The molecule has 1 aliphatic heterocycles. The van der Waals surface area contributed by atoms with E-state index >= 15 is 0 Å². The molecule has 3 amide bonds. The zero-order valence-electron chi connectivity index (χ0n) is 14.7. The highest BCUT2D eigenvalue weighted by Gasteiger charge is 2.27. The Hall–Kier alpha value is -1.54. The zero-order valence-corrected chi connectivity index (χ0v) is 14.7. The number of piperidine rings is 1. The summed E-state index contributed by atoms with van der Waals surface area (Å²) in [6, 6.07) is -0.225. The van der Waals surface area contributed by atoms with E-state index in [9.17, 15) is 9.59 Å². The van der Waals surface area contributed by atoms with Crippen LogP contribution in [0.5, 0.6) is 0 Å². The van der Waals surface area contributed by atoms with Crippen molar-refractivity contribution in [3.05, 3.63) is 0 Å². The first kappa shape index (κ1) is 19.5. The van der Waals surface area contributed by atoms with Gasteiger partial charge in [-0.15, -0.1) is 0 Å². The third-order valence-electron chi connectivity index (χ3n) is 3.44. The molecule has 0 aromatic rings. The summed E-state index contributed by atoms with van der Waals surface area (Å²) >= 11 is 0. The molecule has 0 bridgehead atoms. The minimum Gasteiger partial charge on any atom is -0.444 e. The Balaban J connectivity index is 2.28. The number of carbonyl (C=O) groups excluding carboxylic acids is 2. The largest absolute Gasteiger partial charge is 0.444 e. The molecule has 134 valence electrons. The lowest BCUT2D eigenvalue weighted by Gasteiger charge is -2.33. The van der Waals surface area contributed by atoms with E-state index in [0.717, 1.165) is 0 Å². The van der Waals surface area contributed by atoms with Gasteiger partial charge in [0.1, 0.15) is 5.60 Å². The smallest absolute Gasteiger partial charge is 0.410 e. The maximum Gasteiger partial charge on any atom is 0.410 e. The van der Waals surface area contributed by atoms with Crippen LogP contribution in [-0.4, -0.2) is 68.8 Å². The summed E-state index contributed by atoms with van der Waals surface area (Å²) in [6.45, 7) is 6.94. The first-order valence-electron chi connectivity index (χ1n) is 7.83. The molecule has 0 spiro atoms. The van der Waals surface area contributed by atoms with Gasteiger partial charge in [0, 0.05) is 33.4 Å². The van der Waals surface area contributed by atoms with Crippen LogP contribution in [0.1, 0.15) is 33.6 Å². The summed E-state index contributed by atoms with van der Waals surface area (Å²) in [6.07, 6.45) is 0.633. The molecule has 0 unspecified atom stereocenters. The van der Waals surface area contributed by atoms with Crippen molar-refractivity contribution in [1.29, 1.82) is 0 Å². The van der Waals surface area contributed by atoms with Crippen molar-refractivity contribution in [3.8, 4) is 0 Å². The van der Waals surface area contributed by atoms with Crippen LogP contribution in [0.2, 0.25) is 0 Å². The van der Waals surface area contributed by atoms with Crippen molar-refractivity contribution < 1.29 is 23.8 Å². The number of nitrogens with zero attached hydrogens (tertiary/aromatic N) is 1. The molecule has 1 rings (SSSR count). The van der Waals surface area contributed by atoms with Gasteiger partial charge < -0.3 is 29.7 Å². The maximum absolute atomic E-state index is 12.0. The van der Waals surface area contributed by atoms with Crippen molar-refractivity contribution in [2.75, 3.05) is 33.9 Å². The monoisotopic (exact) mass is 331 g/mol. The number of urea groups is 1. The first-order chi connectivity index (χ1) is 10.7. The number of hydrogen-bond acceptors (Lipinski definition) is 5. The molecule has 1 fully saturated rings. The standard InChI is InChI=1S/C15H29N3O5/c1-15(2,3)23-14(20)18-8-6-11(7-9-18)17-13(19)16-10-12(21-4)22-5/h11-12H,6-10H2,1-5H3,(H2,16,17,19). The number of nitrogens with one attached hydrogen (secondary N) is 2. The van der Waals surface area contributed by atoms with E-state index in [1.165, 1.54) is 14.2 Å². The van der Waals surface area contributed by atoms with Crippen molar-refractivity contribution >= 4 is 12.1 Å². The highest BCUT2D eigenvalue weighted by Crippen LogP contribution is 2.15. The molecule has 0 atom stereocenters. The van der Waals surface area contributed by atoms with Crippen molar-refractivity contribution in [2.45, 2.75) is 51.5 Å². The van der Waals surface area contributed by atoms with Gasteiger partial charge in [0.05, 0.1) is 6.54 Å². The van der Waals surface area contributed by atoms with Gasteiger partial charge in [0.25, 0.3) is 0 Å². The number of rotatable bonds is 5. The van der Waals surface area contributed by atoms with E-state index in [1.54, 1.807) is 4.90 Å². The molecular formula is C15H29N3O5. The molecular weight excluding hydrogens is 302 g/mol. The van der Waals surface area contributed by atoms with Crippen LogP contribution in [0, 0.1) is 0 Å². The molecule has 0 aromatic heterocycles. The lowest BCUT2D eigenvalue weighted by atomic mass is 10.1. The first-order valence-corrected chi connectivity index (χ1v) is 7.83. The van der Waals surface area contributed by atoms with Crippen molar-refractivity contribution in [1.82, 2.24) is 15.5 Å². The van der Waals surface area contributed by atoms with Gasteiger partial charge in [-0.05, 0) is 33.6 Å². The number of carbonyl (C=O) groups is 2. The SMILES string of the molecule is COC(CNC(=O)NC1CCN(C(=O)OC(C)(C)C)CC1)OC. The summed E-state index contributed by atoms with van der Waals surface area (Å²) in [5, 5.41) is 5.58. The minimum atomic E-state index is -0.495. The summed E-state index contributed by atoms with van der Waals surface area (Å²) in [5.74, 6) is 0. The number of amides is 3. The average molecular weight is 331 g/mol. The van der Waals surface area contributed by atoms with Gasteiger partial charge in [-0.25, -0.2) is 9.59 Å².